The van der Waals surface area contributed by atoms with Gasteiger partial charge in [-0.2, -0.15) is 5.26 Å². The summed E-state index contributed by atoms with van der Waals surface area (Å²) in [5.74, 6) is -1.78. The van der Waals surface area contributed by atoms with Crippen LogP contribution in [0.5, 0.6) is 0 Å². The van der Waals surface area contributed by atoms with Crippen LogP contribution in [0.25, 0.3) is 0 Å². The average molecular weight is 404 g/mol. The van der Waals surface area contributed by atoms with Crippen molar-refractivity contribution in [3.63, 3.8) is 0 Å². The molecule has 0 amide bonds. The van der Waals surface area contributed by atoms with Crippen LogP contribution in [-0.4, -0.2) is 32.8 Å². The molecule has 1 atom stereocenters. The first-order valence-corrected chi connectivity index (χ1v) is 9.70. The lowest BCUT2D eigenvalue weighted by atomic mass is 10.1. The molecule has 0 spiro atoms. The molecule has 2 aromatic rings. The first-order valence-electron chi connectivity index (χ1n) is 8.22. The number of nitrogens with one attached hydrogen (secondary N) is 1. The third-order valence-corrected chi connectivity index (χ3v) is 5.19. The highest BCUT2D eigenvalue weighted by atomic mass is 32.2. The van der Waals surface area contributed by atoms with Crippen molar-refractivity contribution in [3.8, 4) is 6.07 Å². The fourth-order valence-electron chi connectivity index (χ4n) is 2.23. The van der Waals surface area contributed by atoms with Gasteiger partial charge in [0, 0.05) is 18.5 Å². The van der Waals surface area contributed by atoms with Crippen molar-refractivity contribution < 1.29 is 27.1 Å². The number of rotatable bonds is 8. The second-order valence-electron chi connectivity index (χ2n) is 5.75. The second-order valence-corrected chi connectivity index (χ2v) is 7.52. The Balaban J connectivity index is 2.03. The first-order chi connectivity index (χ1) is 13.2. The zero-order valence-electron chi connectivity index (χ0n) is 14.9. The van der Waals surface area contributed by atoms with E-state index in [9.17, 15) is 22.4 Å². The molecule has 0 aliphatic carbocycles. The number of ether oxygens (including phenoxy) is 1. The van der Waals surface area contributed by atoms with Crippen LogP contribution in [0.1, 0.15) is 34.1 Å². The lowest BCUT2D eigenvalue weighted by Gasteiger charge is -2.13. The number of benzene rings is 2. The number of nitriles is 1. The molecular weight excluding hydrogens is 387 g/mol. The molecule has 0 aliphatic heterocycles. The predicted molar refractivity (Wildman–Crippen MR) is 97.5 cm³/mol. The van der Waals surface area contributed by atoms with E-state index in [0.29, 0.717) is 0 Å². The highest BCUT2D eigenvalue weighted by molar-refractivity contribution is 7.89. The summed E-state index contributed by atoms with van der Waals surface area (Å²) in [6, 6.07) is 11.6. The van der Waals surface area contributed by atoms with Gasteiger partial charge in [-0.25, -0.2) is 22.3 Å². The lowest BCUT2D eigenvalue weighted by molar-refractivity contribution is 0.0318. The second kappa shape index (κ2) is 9.21. The van der Waals surface area contributed by atoms with E-state index in [2.05, 4.69) is 4.72 Å². The minimum Gasteiger partial charge on any atom is -0.451 e. The number of hydrogen-bond acceptors (Lipinski definition) is 6. The van der Waals surface area contributed by atoms with Gasteiger partial charge in [-0.1, -0.05) is 0 Å². The number of Topliss-reactive ketones (excluding diaryl/α,β-unsaturated/α-hetero) is 1. The Morgan fingerprint density at radius 3 is 2.25 bits per heavy atom. The summed E-state index contributed by atoms with van der Waals surface area (Å²) in [5, 5.41) is 8.45. The van der Waals surface area contributed by atoms with Crippen molar-refractivity contribution in [1.29, 1.82) is 5.26 Å². The highest BCUT2D eigenvalue weighted by Gasteiger charge is 2.21. The van der Waals surface area contributed by atoms with Crippen molar-refractivity contribution in [2.45, 2.75) is 24.3 Å². The molecule has 1 N–H and O–H groups in total. The van der Waals surface area contributed by atoms with Crippen LogP contribution in [0.3, 0.4) is 0 Å². The van der Waals surface area contributed by atoms with Gasteiger partial charge in [-0.05, 0) is 55.5 Å². The quantitative estimate of drug-likeness (QED) is 0.411. The largest absolute Gasteiger partial charge is 0.451 e. The molecule has 0 saturated carbocycles. The molecular formula is C19H17FN2O5S. The molecule has 146 valence electrons. The molecule has 0 aromatic heterocycles. The summed E-state index contributed by atoms with van der Waals surface area (Å²) in [4.78, 5) is 24.3. The Bertz CT molecular complexity index is 996. The molecule has 7 nitrogen and oxygen atoms in total. The summed E-state index contributed by atoms with van der Waals surface area (Å²) in [5.41, 5.74) is 0.265. The summed E-state index contributed by atoms with van der Waals surface area (Å²) in [6.45, 7) is 1.37. The van der Waals surface area contributed by atoms with Gasteiger partial charge in [0.15, 0.2) is 6.10 Å². The van der Waals surface area contributed by atoms with Gasteiger partial charge in [0.05, 0.1) is 16.5 Å². The lowest BCUT2D eigenvalue weighted by Crippen LogP contribution is -2.25. The minimum atomic E-state index is -3.79. The molecule has 0 saturated heterocycles. The third-order valence-electron chi connectivity index (χ3n) is 3.71. The van der Waals surface area contributed by atoms with Gasteiger partial charge in [-0.15, -0.1) is 0 Å². The molecule has 0 aliphatic rings. The fourth-order valence-corrected chi connectivity index (χ4v) is 3.26. The number of carbonyl (C=O) groups excluding carboxylic acids is 2. The van der Waals surface area contributed by atoms with Gasteiger partial charge in [0.1, 0.15) is 5.82 Å². The van der Waals surface area contributed by atoms with Crippen LogP contribution < -0.4 is 4.72 Å². The highest BCUT2D eigenvalue weighted by Crippen LogP contribution is 2.14. The number of halogens is 1. The molecule has 0 radical (unpaired) electrons. The Labute approximate surface area is 161 Å². The van der Waals surface area contributed by atoms with E-state index in [1.54, 1.807) is 0 Å². The van der Waals surface area contributed by atoms with Crippen LogP contribution >= 0.6 is 0 Å². The summed E-state index contributed by atoms with van der Waals surface area (Å²) in [6.07, 6.45) is -1.07. The molecule has 0 fully saturated rings. The number of carbonyl (C=O) groups is 2. The predicted octanol–water partition coefficient (Wildman–Crippen LogP) is 2.45. The van der Waals surface area contributed by atoms with E-state index in [1.165, 1.54) is 43.3 Å². The number of nitrogens with zero attached hydrogens (tertiary/aromatic N) is 1. The Morgan fingerprint density at radius 1 is 1.11 bits per heavy atom. The van der Waals surface area contributed by atoms with E-state index in [0.717, 1.165) is 12.1 Å². The van der Waals surface area contributed by atoms with Crippen molar-refractivity contribution in [2.24, 2.45) is 0 Å². The van der Waals surface area contributed by atoms with Crippen molar-refractivity contribution >= 4 is 21.8 Å². The van der Waals surface area contributed by atoms with Crippen molar-refractivity contribution in [2.75, 3.05) is 6.54 Å². The smallest absolute Gasteiger partial charge is 0.338 e. The van der Waals surface area contributed by atoms with Crippen LogP contribution in [0.2, 0.25) is 0 Å². The van der Waals surface area contributed by atoms with Gasteiger partial charge >= 0.3 is 5.97 Å². The van der Waals surface area contributed by atoms with Crippen molar-refractivity contribution in [3.05, 3.63) is 65.5 Å². The van der Waals surface area contributed by atoms with E-state index in [-0.39, 0.29) is 29.0 Å². The normalized spacial score (nSPS) is 12.0. The average Bonchev–Trinajstić information content (AvgIpc) is 2.68. The van der Waals surface area contributed by atoms with Gasteiger partial charge in [0.25, 0.3) is 0 Å². The van der Waals surface area contributed by atoms with Crippen LogP contribution in [0.15, 0.2) is 53.4 Å². The topological polar surface area (TPSA) is 113 Å². The fraction of sp³-hybridized carbons (Fsp3) is 0.211. The molecule has 9 heteroatoms. The molecule has 0 heterocycles. The molecule has 2 rings (SSSR count). The monoisotopic (exact) mass is 404 g/mol. The molecule has 0 bridgehead atoms. The van der Waals surface area contributed by atoms with E-state index >= 15 is 0 Å². The standard InChI is InChI=1S/C19H17FN2O5S/c1-13(18(23)14-3-7-16(20)8-4-14)27-19(24)15-5-9-17(10-6-15)28(25,26)22-12-2-11-21/h3-10,13,22H,2,12H2,1H3/t13-/m1/s1. The Hall–Kier alpha value is -3.09. The minimum absolute atomic E-state index is 0.0222. The maximum atomic E-state index is 12.9. The number of esters is 1. The number of hydrogen-bond donors (Lipinski definition) is 1. The van der Waals surface area contributed by atoms with E-state index in [1.807, 2.05) is 6.07 Å². The van der Waals surface area contributed by atoms with E-state index < -0.39 is 33.7 Å². The SMILES string of the molecule is C[C@@H](OC(=O)c1ccc(S(=O)(=O)NCCC#N)cc1)C(=O)c1ccc(F)cc1. The van der Waals surface area contributed by atoms with Gasteiger partial charge in [-0.3, -0.25) is 4.79 Å². The van der Waals surface area contributed by atoms with Crippen LogP contribution in [-0.2, 0) is 14.8 Å². The van der Waals surface area contributed by atoms with E-state index in [4.69, 9.17) is 10.00 Å². The van der Waals surface area contributed by atoms with Crippen LogP contribution in [0, 0.1) is 17.1 Å². The Morgan fingerprint density at radius 2 is 1.68 bits per heavy atom. The number of ketones is 1. The molecule has 28 heavy (non-hydrogen) atoms. The zero-order chi connectivity index (χ0) is 20.7. The van der Waals surface area contributed by atoms with Crippen LogP contribution in [0.4, 0.5) is 4.39 Å². The Kier molecular flexibility index (Phi) is 6.98. The molecule has 2 aromatic carbocycles. The summed E-state index contributed by atoms with van der Waals surface area (Å²) < 4.78 is 44.3. The number of sulfonamides is 1. The van der Waals surface area contributed by atoms with Crippen molar-refractivity contribution in [1.82, 2.24) is 4.72 Å². The third kappa shape index (κ3) is 5.45. The first kappa shape index (κ1) is 21.2. The van der Waals surface area contributed by atoms with Gasteiger partial charge < -0.3 is 4.74 Å². The summed E-state index contributed by atoms with van der Waals surface area (Å²) in [7, 11) is -3.79. The zero-order valence-corrected chi connectivity index (χ0v) is 15.7. The van der Waals surface area contributed by atoms with Gasteiger partial charge in [0.2, 0.25) is 15.8 Å². The summed E-state index contributed by atoms with van der Waals surface area (Å²) >= 11 is 0. The maximum absolute atomic E-state index is 12.9. The maximum Gasteiger partial charge on any atom is 0.338 e. The molecule has 0 unspecified atom stereocenters.